The molecular formula is C61H39N7. The van der Waals surface area contributed by atoms with Gasteiger partial charge >= 0.3 is 0 Å². The Bertz CT molecular complexity index is 3570. The first kappa shape index (κ1) is 41.2. The van der Waals surface area contributed by atoms with Gasteiger partial charge in [-0.1, -0.05) is 206 Å². The van der Waals surface area contributed by atoms with Crippen molar-refractivity contribution < 1.29 is 0 Å². The number of aromatic nitrogens is 6. The Balaban J connectivity index is 0.978. The third kappa shape index (κ3) is 8.57. The summed E-state index contributed by atoms with van der Waals surface area (Å²) in [5.41, 5.74) is 14.4. The Morgan fingerprint density at radius 1 is 0.221 bits per heavy atom. The van der Waals surface area contributed by atoms with E-state index in [2.05, 4.69) is 115 Å². The lowest BCUT2D eigenvalue weighted by Gasteiger charge is -2.16. The van der Waals surface area contributed by atoms with Gasteiger partial charge in [0.25, 0.3) is 0 Å². The molecule has 0 spiro atoms. The zero-order valence-corrected chi connectivity index (χ0v) is 36.6. The second-order valence-corrected chi connectivity index (χ2v) is 16.2. The lowest BCUT2D eigenvalue weighted by molar-refractivity contribution is 1.07. The van der Waals surface area contributed by atoms with E-state index < -0.39 is 0 Å². The van der Waals surface area contributed by atoms with Gasteiger partial charge in [-0.3, -0.25) is 0 Å². The molecule has 0 saturated heterocycles. The van der Waals surface area contributed by atoms with Gasteiger partial charge in [-0.2, -0.15) is 5.26 Å². The zero-order chi connectivity index (χ0) is 45.7. The Hall–Kier alpha value is -9.51. The van der Waals surface area contributed by atoms with E-state index in [1.807, 2.05) is 127 Å². The van der Waals surface area contributed by atoms with Gasteiger partial charge in [0.2, 0.25) is 0 Å². The van der Waals surface area contributed by atoms with E-state index in [0.29, 0.717) is 40.5 Å². The van der Waals surface area contributed by atoms with E-state index >= 15 is 0 Å². The molecule has 0 atom stereocenters. The molecule has 0 saturated carbocycles. The van der Waals surface area contributed by atoms with Crippen LogP contribution in [0.1, 0.15) is 5.56 Å². The number of hydrogen-bond donors (Lipinski definition) is 0. The molecule has 11 aromatic rings. The summed E-state index contributed by atoms with van der Waals surface area (Å²) in [7, 11) is 0. The Labute approximate surface area is 394 Å². The summed E-state index contributed by atoms with van der Waals surface area (Å²) in [4.78, 5) is 30.2. The van der Waals surface area contributed by atoms with Crippen LogP contribution in [0.25, 0.3) is 113 Å². The van der Waals surface area contributed by atoms with E-state index in [9.17, 15) is 5.26 Å². The predicted octanol–water partition coefficient (Wildman–Crippen LogP) is 14.6. The summed E-state index contributed by atoms with van der Waals surface area (Å²) in [5.74, 6) is 3.56. The van der Waals surface area contributed by atoms with Crippen molar-refractivity contribution in [3.8, 4) is 119 Å². The van der Waals surface area contributed by atoms with Gasteiger partial charge in [-0.25, -0.2) is 29.9 Å². The van der Waals surface area contributed by atoms with Crippen LogP contribution in [-0.4, -0.2) is 29.9 Å². The van der Waals surface area contributed by atoms with Crippen LogP contribution in [0.3, 0.4) is 0 Å². The molecule has 11 rings (SSSR count). The first-order valence-corrected chi connectivity index (χ1v) is 22.3. The molecule has 0 fully saturated rings. The highest BCUT2D eigenvalue weighted by molar-refractivity contribution is 5.93. The lowest BCUT2D eigenvalue weighted by Crippen LogP contribution is -2.00. The van der Waals surface area contributed by atoms with Crippen molar-refractivity contribution in [3.63, 3.8) is 0 Å². The molecule has 2 aromatic heterocycles. The topological polar surface area (TPSA) is 101 Å². The van der Waals surface area contributed by atoms with Crippen molar-refractivity contribution in [2.75, 3.05) is 0 Å². The van der Waals surface area contributed by atoms with E-state index in [4.69, 9.17) is 29.9 Å². The van der Waals surface area contributed by atoms with Crippen molar-refractivity contribution in [1.29, 1.82) is 5.26 Å². The van der Waals surface area contributed by atoms with Crippen LogP contribution >= 0.6 is 0 Å². The SMILES string of the molecule is N#Cc1ccc(-c2cccc(-c3nc(-c4ccccc4)nc(-c4cccc(-c5ccccc5-c5ccccc5-c5cccc(-c6nc(-c7ccccc7)nc(-c7ccccc7)n6)c5)c4)n3)c2)cc1. The monoisotopic (exact) mass is 869 g/mol. The summed E-state index contributed by atoms with van der Waals surface area (Å²) in [6.45, 7) is 0. The van der Waals surface area contributed by atoms with Crippen molar-refractivity contribution >= 4 is 0 Å². The second-order valence-electron chi connectivity index (χ2n) is 16.2. The third-order valence-corrected chi connectivity index (χ3v) is 11.8. The van der Waals surface area contributed by atoms with E-state index in [1.54, 1.807) is 0 Å². The smallest absolute Gasteiger partial charge is 0.164 e. The van der Waals surface area contributed by atoms with Crippen molar-refractivity contribution in [1.82, 2.24) is 29.9 Å². The molecule has 0 aliphatic heterocycles. The molecule has 0 N–H and O–H groups in total. The molecular weight excluding hydrogens is 831 g/mol. The molecule has 68 heavy (non-hydrogen) atoms. The molecule has 0 radical (unpaired) electrons. The zero-order valence-electron chi connectivity index (χ0n) is 36.6. The first-order valence-electron chi connectivity index (χ1n) is 22.3. The maximum atomic E-state index is 9.36. The minimum atomic E-state index is 0.566. The van der Waals surface area contributed by atoms with Crippen LogP contribution in [-0.2, 0) is 0 Å². The Morgan fingerprint density at radius 2 is 0.500 bits per heavy atom. The second kappa shape index (κ2) is 18.5. The molecule has 0 aliphatic carbocycles. The average molecular weight is 870 g/mol. The highest BCUT2D eigenvalue weighted by Gasteiger charge is 2.18. The van der Waals surface area contributed by atoms with Crippen molar-refractivity contribution in [3.05, 3.63) is 242 Å². The highest BCUT2D eigenvalue weighted by Crippen LogP contribution is 2.40. The molecule has 2 heterocycles. The van der Waals surface area contributed by atoms with E-state index in [1.165, 1.54) is 0 Å². The molecule has 0 aliphatic rings. The molecule has 7 heteroatoms. The summed E-state index contributed by atoms with van der Waals surface area (Å²) in [6.07, 6.45) is 0. The lowest BCUT2D eigenvalue weighted by atomic mass is 9.88. The van der Waals surface area contributed by atoms with Gasteiger partial charge < -0.3 is 0 Å². The molecule has 0 unspecified atom stereocenters. The van der Waals surface area contributed by atoms with Crippen LogP contribution in [0.15, 0.2) is 237 Å². The summed E-state index contributed by atoms with van der Waals surface area (Å²) in [6, 6.07) is 82.0. The van der Waals surface area contributed by atoms with Crippen molar-refractivity contribution in [2.24, 2.45) is 0 Å². The van der Waals surface area contributed by atoms with Crippen LogP contribution in [0.5, 0.6) is 0 Å². The van der Waals surface area contributed by atoms with Gasteiger partial charge in [0.05, 0.1) is 11.6 Å². The maximum absolute atomic E-state index is 9.36. The van der Waals surface area contributed by atoms with Crippen LogP contribution in [0.4, 0.5) is 0 Å². The number of nitrogens with zero attached hydrogens (tertiary/aromatic N) is 7. The maximum Gasteiger partial charge on any atom is 0.164 e. The molecule has 0 amide bonds. The molecule has 7 nitrogen and oxygen atoms in total. The summed E-state index contributed by atoms with van der Waals surface area (Å²) in [5, 5.41) is 9.36. The predicted molar refractivity (Wildman–Crippen MR) is 272 cm³/mol. The minimum absolute atomic E-state index is 0.566. The van der Waals surface area contributed by atoms with Crippen LogP contribution in [0.2, 0.25) is 0 Å². The fourth-order valence-electron chi connectivity index (χ4n) is 8.45. The van der Waals surface area contributed by atoms with Gasteiger partial charge in [0, 0.05) is 33.4 Å². The Morgan fingerprint density at radius 3 is 0.868 bits per heavy atom. The summed E-state index contributed by atoms with van der Waals surface area (Å²) < 4.78 is 0. The quantitative estimate of drug-likeness (QED) is 0.135. The Kier molecular flexibility index (Phi) is 11.2. The number of nitriles is 1. The van der Waals surface area contributed by atoms with E-state index in [0.717, 1.165) is 77.9 Å². The fraction of sp³-hybridized carbons (Fsp3) is 0. The van der Waals surface area contributed by atoms with Crippen LogP contribution < -0.4 is 0 Å². The molecule has 9 aromatic carbocycles. The number of benzene rings is 9. The minimum Gasteiger partial charge on any atom is -0.208 e. The van der Waals surface area contributed by atoms with Gasteiger partial charge in [-0.05, 0) is 74.8 Å². The normalized spacial score (nSPS) is 10.9. The number of rotatable bonds is 10. The summed E-state index contributed by atoms with van der Waals surface area (Å²) >= 11 is 0. The first-order chi connectivity index (χ1) is 33.6. The fourth-order valence-corrected chi connectivity index (χ4v) is 8.45. The van der Waals surface area contributed by atoms with Crippen LogP contribution in [0, 0.1) is 11.3 Å². The van der Waals surface area contributed by atoms with Gasteiger partial charge in [-0.15, -0.1) is 0 Å². The van der Waals surface area contributed by atoms with Gasteiger partial charge in [0.15, 0.2) is 34.9 Å². The molecule has 318 valence electrons. The highest BCUT2D eigenvalue weighted by atomic mass is 15.0. The van der Waals surface area contributed by atoms with E-state index in [-0.39, 0.29) is 0 Å². The standard InChI is InChI=1S/C61H39N7/c62-40-41-33-35-42(36-34-41)46-23-14-26-49(37-46)59-66-58(45-21-8-3-9-22-45)67-61(68-59)51-28-16-25-48(39-51)53-30-11-13-32-55(53)54-31-12-10-29-52(54)47-24-15-27-50(38-47)60-64-56(43-17-4-1-5-18-43)63-57(65-60)44-19-6-2-7-20-44/h1-39H. The average Bonchev–Trinajstić information content (AvgIpc) is 3.43. The third-order valence-electron chi connectivity index (χ3n) is 11.8. The van der Waals surface area contributed by atoms with Gasteiger partial charge in [0.1, 0.15) is 0 Å². The molecule has 0 bridgehead atoms. The number of hydrogen-bond acceptors (Lipinski definition) is 7. The largest absolute Gasteiger partial charge is 0.208 e. The van der Waals surface area contributed by atoms with Crippen molar-refractivity contribution in [2.45, 2.75) is 0 Å².